The average molecular weight is 465 g/mol. The Kier molecular flexibility index (Phi) is 5.82. The Morgan fingerprint density at radius 1 is 1.16 bits per heavy atom. The zero-order valence-corrected chi connectivity index (χ0v) is 18.0. The molecule has 162 valence electrons. The molecule has 1 atom stereocenters. The van der Waals surface area contributed by atoms with Gasteiger partial charge in [0.2, 0.25) is 15.0 Å². The number of aromatic nitrogens is 2. The lowest BCUT2D eigenvalue weighted by molar-refractivity contribution is 0.102. The Morgan fingerprint density at radius 2 is 1.97 bits per heavy atom. The van der Waals surface area contributed by atoms with Crippen LogP contribution in [0.3, 0.4) is 0 Å². The van der Waals surface area contributed by atoms with Gasteiger partial charge in [-0.1, -0.05) is 23.5 Å². The summed E-state index contributed by atoms with van der Waals surface area (Å²) in [5.41, 5.74) is 0.911. The summed E-state index contributed by atoms with van der Waals surface area (Å²) in [7, 11) is -3.73. The first-order valence-corrected chi connectivity index (χ1v) is 11.7. The Balaban J connectivity index is 1.55. The second kappa shape index (κ2) is 8.40. The van der Waals surface area contributed by atoms with Gasteiger partial charge >= 0.3 is 0 Å². The van der Waals surface area contributed by atoms with E-state index in [1.54, 1.807) is 18.2 Å². The monoisotopic (exact) mass is 464 g/mol. The quantitative estimate of drug-likeness (QED) is 0.618. The normalized spacial score (nSPS) is 17.1. The van der Waals surface area contributed by atoms with Gasteiger partial charge in [0, 0.05) is 18.3 Å². The highest BCUT2D eigenvalue weighted by Crippen LogP contribution is 2.37. The van der Waals surface area contributed by atoms with Gasteiger partial charge in [-0.05, 0) is 49.6 Å². The van der Waals surface area contributed by atoms with Crippen LogP contribution in [0, 0.1) is 18.6 Å². The number of nitrogens with zero attached hydrogens (tertiary/aromatic N) is 3. The van der Waals surface area contributed by atoms with Crippen molar-refractivity contribution in [3.63, 3.8) is 0 Å². The van der Waals surface area contributed by atoms with E-state index < -0.39 is 33.6 Å². The molecule has 1 aliphatic rings. The zero-order chi connectivity index (χ0) is 22.2. The molecule has 0 aliphatic carbocycles. The summed E-state index contributed by atoms with van der Waals surface area (Å²) >= 11 is 0.975. The fraction of sp³-hybridized carbons (Fsp3) is 0.250. The van der Waals surface area contributed by atoms with E-state index in [0.717, 1.165) is 29.0 Å². The highest BCUT2D eigenvalue weighted by Gasteiger charge is 2.38. The first kappa shape index (κ1) is 21.5. The van der Waals surface area contributed by atoms with Crippen molar-refractivity contribution in [2.75, 3.05) is 11.9 Å². The van der Waals surface area contributed by atoms with Crippen molar-refractivity contribution in [1.29, 1.82) is 0 Å². The van der Waals surface area contributed by atoms with Crippen LogP contribution in [0.15, 0.2) is 47.4 Å². The van der Waals surface area contributed by atoms with Crippen molar-refractivity contribution in [1.82, 2.24) is 14.5 Å². The largest absolute Gasteiger partial charge is 0.320 e. The SMILES string of the molecule is Cc1cccc(S(=O)(=O)N2CCC[C@@H]2c2nnc(C(=O)Nc3ccc(F)c(F)c3)s2)c1. The molecular weight excluding hydrogens is 446 g/mol. The van der Waals surface area contributed by atoms with Crippen LogP contribution in [-0.4, -0.2) is 35.4 Å². The van der Waals surface area contributed by atoms with E-state index >= 15 is 0 Å². The zero-order valence-electron chi connectivity index (χ0n) is 16.4. The highest BCUT2D eigenvalue weighted by atomic mass is 32.2. The van der Waals surface area contributed by atoms with Crippen molar-refractivity contribution in [2.45, 2.75) is 30.7 Å². The number of carbonyl (C=O) groups excluding carboxylic acids is 1. The molecule has 1 fully saturated rings. The third-order valence-corrected chi connectivity index (χ3v) is 7.82. The van der Waals surface area contributed by atoms with Gasteiger partial charge in [-0.2, -0.15) is 4.31 Å². The molecule has 11 heteroatoms. The lowest BCUT2D eigenvalue weighted by atomic mass is 10.2. The summed E-state index contributed by atoms with van der Waals surface area (Å²) in [4.78, 5) is 12.6. The lowest BCUT2D eigenvalue weighted by Crippen LogP contribution is -2.30. The average Bonchev–Trinajstić information content (AvgIpc) is 3.40. The first-order valence-electron chi connectivity index (χ1n) is 9.44. The molecule has 2 aromatic carbocycles. The first-order chi connectivity index (χ1) is 14.8. The summed E-state index contributed by atoms with van der Waals surface area (Å²) in [6.45, 7) is 2.17. The topological polar surface area (TPSA) is 92.3 Å². The van der Waals surface area contributed by atoms with Gasteiger partial charge in [0.1, 0.15) is 5.01 Å². The molecule has 7 nitrogen and oxygen atoms in total. The molecule has 31 heavy (non-hydrogen) atoms. The summed E-state index contributed by atoms with van der Waals surface area (Å²) in [6.07, 6.45) is 1.22. The molecular formula is C20H18F2N4O3S2. The van der Waals surface area contributed by atoms with Crippen LogP contribution >= 0.6 is 11.3 Å². The number of amides is 1. The number of halogens is 2. The number of nitrogens with one attached hydrogen (secondary N) is 1. The van der Waals surface area contributed by atoms with E-state index in [1.165, 1.54) is 10.4 Å². The number of carbonyl (C=O) groups is 1. The van der Waals surface area contributed by atoms with E-state index in [1.807, 2.05) is 13.0 Å². The number of hydrogen-bond acceptors (Lipinski definition) is 6. The highest BCUT2D eigenvalue weighted by molar-refractivity contribution is 7.89. The number of benzene rings is 2. The van der Waals surface area contributed by atoms with Gasteiger partial charge in [-0.3, -0.25) is 4.79 Å². The molecule has 1 aliphatic heterocycles. The van der Waals surface area contributed by atoms with E-state index in [0.29, 0.717) is 24.4 Å². The summed E-state index contributed by atoms with van der Waals surface area (Å²) in [5, 5.41) is 10.7. The number of hydrogen-bond donors (Lipinski definition) is 1. The van der Waals surface area contributed by atoms with Gasteiger partial charge in [-0.15, -0.1) is 10.2 Å². The fourth-order valence-electron chi connectivity index (χ4n) is 3.41. The van der Waals surface area contributed by atoms with Crippen LogP contribution in [0.4, 0.5) is 14.5 Å². The molecule has 0 unspecified atom stereocenters. The fourth-order valence-corrected chi connectivity index (χ4v) is 6.12. The molecule has 1 aromatic heterocycles. The smallest absolute Gasteiger partial charge is 0.286 e. The van der Waals surface area contributed by atoms with Crippen LogP contribution in [0.1, 0.15) is 39.3 Å². The van der Waals surface area contributed by atoms with E-state index in [-0.39, 0.29) is 15.6 Å². The molecule has 2 heterocycles. The van der Waals surface area contributed by atoms with E-state index in [9.17, 15) is 22.0 Å². The minimum Gasteiger partial charge on any atom is -0.320 e. The minimum atomic E-state index is -3.73. The molecule has 1 saturated heterocycles. The van der Waals surface area contributed by atoms with Gasteiger partial charge in [0.25, 0.3) is 5.91 Å². The number of aryl methyl sites for hydroxylation is 1. The van der Waals surface area contributed by atoms with Crippen molar-refractivity contribution in [3.05, 3.63) is 69.7 Å². The maximum Gasteiger partial charge on any atom is 0.286 e. The van der Waals surface area contributed by atoms with Gasteiger partial charge in [-0.25, -0.2) is 17.2 Å². The maximum atomic E-state index is 13.3. The standard InChI is InChI=1S/C20H18F2N4O3S2/c1-12-4-2-5-14(10-12)31(28,29)26-9-3-6-17(26)19-24-25-20(30-19)18(27)23-13-7-8-15(21)16(22)11-13/h2,4-5,7-8,10-11,17H,3,6,9H2,1H3,(H,23,27)/t17-/m1/s1. The summed E-state index contributed by atoms with van der Waals surface area (Å²) < 4.78 is 54.1. The van der Waals surface area contributed by atoms with Crippen LogP contribution in [0.25, 0.3) is 0 Å². The van der Waals surface area contributed by atoms with Crippen molar-refractivity contribution in [2.24, 2.45) is 0 Å². The van der Waals surface area contributed by atoms with Gasteiger partial charge in [0.15, 0.2) is 11.6 Å². The third-order valence-electron chi connectivity index (χ3n) is 4.90. The van der Waals surface area contributed by atoms with E-state index in [2.05, 4.69) is 15.5 Å². The molecule has 0 saturated carbocycles. The molecule has 1 N–H and O–H groups in total. The molecule has 3 aromatic rings. The Bertz CT molecular complexity index is 1250. The maximum absolute atomic E-state index is 13.3. The Hall–Kier alpha value is -2.76. The predicted molar refractivity (Wildman–Crippen MR) is 111 cm³/mol. The molecule has 0 radical (unpaired) electrons. The van der Waals surface area contributed by atoms with Gasteiger partial charge in [0.05, 0.1) is 10.9 Å². The van der Waals surface area contributed by atoms with Crippen LogP contribution < -0.4 is 5.32 Å². The third kappa shape index (κ3) is 4.34. The second-order valence-corrected chi connectivity index (χ2v) is 10.0. The molecule has 0 bridgehead atoms. The van der Waals surface area contributed by atoms with Crippen molar-refractivity contribution in [3.8, 4) is 0 Å². The molecule has 4 rings (SSSR count). The number of sulfonamides is 1. The lowest BCUT2D eigenvalue weighted by Gasteiger charge is -2.22. The number of anilines is 1. The van der Waals surface area contributed by atoms with Crippen molar-refractivity contribution >= 4 is 33.0 Å². The number of rotatable bonds is 5. The minimum absolute atomic E-state index is 0.000429. The van der Waals surface area contributed by atoms with Crippen molar-refractivity contribution < 1.29 is 22.0 Å². The summed E-state index contributed by atoms with van der Waals surface area (Å²) in [6, 6.07) is 9.16. The summed E-state index contributed by atoms with van der Waals surface area (Å²) in [5.74, 6) is -2.74. The van der Waals surface area contributed by atoms with Gasteiger partial charge < -0.3 is 5.32 Å². The Morgan fingerprint density at radius 3 is 2.71 bits per heavy atom. The second-order valence-electron chi connectivity index (χ2n) is 7.12. The predicted octanol–water partition coefficient (Wildman–Crippen LogP) is 3.90. The van der Waals surface area contributed by atoms with Crippen LogP contribution in [0.2, 0.25) is 0 Å². The Labute approximate surface area is 181 Å². The van der Waals surface area contributed by atoms with E-state index in [4.69, 9.17) is 0 Å². The molecule has 1 amide bonds. The van der Waals surface area contributed by atoms with Crippen LogP contribution in [0.5, 0.6) is 0 Å². The molecule has 0 spiro atoms. The van der Waals surface area contributed by atoms with Crippen LogP contribution in [-0.2, 0) is 10.0 Å².